The number of carboxylic acid groups (broad SMARTS) is 1. The van der Waals surface area contributed by atoms with E-state index < -0.39 is 181 Å². The van der Waals surface area contributed by atoms with Crippen molar-refractivity contribution in [1.29, 1.82) is 0 Å². The van der Waals surface area contributed by atoms with Crippen LogP contribution in [0.15, 0.2) is 11.6 Å². The molecule has 0 spiro atoms. The van der Waals surface area contributed by atoms with Crippen LogP contribution in [0.5, 0.6) is 0 Å². The Kier molecular flexibility index (Phi) is 16.1. The maximum Gasteiger partial charge on any atom is 0.335 e. The van der Waals surface area contributed by atoms with Crippen LogP contribution in [0.2, 0.25) is 0 Å². The smallest absolute Gasteiger partial charge is 0.335 e. The predicted molar refractivity (Wildman–Crippen MR) is 261 cm³/mol. The molecule has 4 heterocycles. The summed E-state index contributed by atoms with van der Waals surface area (Å²) < 4.78 is 54.3. The standard InChI is InChI=1S/C54H84O23/c1-22(23(2)71-24(3)57)45(68)70-21-54-26-16-49(4,5)43(42(54)65)73-32(54)17-53(9)25(26)10-11-30-50(6)14-13-31(51(7,20-56)29(50)12-15-52(30,53)8)74-48-40(76-46-36(62)33(59)27(58)19-69-46)38(64)39(41(77-48)44(66)67)75-47-37(63)35(61)34(60)28(18-55)72-47/h10,22-23,26-43,46-48,55-56,58-65H,11-21H2,1-9H3,(H,66,67)/t22?,23?,26?,27-,28+,29?,30?,31-,32-,33+,34+,35-,36-,37+,38-,39?,40+,41-,42+,43-,46+,47+,48+,50-,51+,52+,53+,54-/m0/s1. The maximum atomic E-state index is 13.6. The van der Waals surface area contributed by atoms with Crippen molar-refractivity contribution in [3.05, 3.63) is 11.6 Å². The summed E-state index contributed by atoms with van der Waals surface area (Å²) in [6, 6.07) is 0. The van der Waals surface area contributed by atoms with Crippen LogP contribution in [0, 0.1) is 56.2 Å². The first-order chi connectivity index (χ1) is 36.0. The molecule has 23 heteroatoms. The van der Waals surface area contributed by atoms with Gasteiger partial charge in [-0.3, -0.25) is 9.59 Å². The van der Waals surface area contributed by atoms with Gasteiger partial charge in [0.15, 0.2) is 25.0 Å². The molecule has 0 aromatic carbocycles. The molecule has 11 N–H and O–H groups in total. The number of ether oxygens (including phenoxy) is 9. The SMILES string of the molecule is CC(=O)OC(C)C(C)C(=O)OC[C@]12C3CC(C)(C)[C@@H](O[C@H]1C[C@]1(C)C3=CCC3[C@@]4(C)CC[C@H](O[C@@H]5O[C@H](C(=O)O)C(O[C@H]6O[C@H](CO)[C@@H](O)[C@H](O)[C@H]6O)[C@H](O)[C@H]5O[C@H]5OC[C@H](O)[C@@H](O)[C@@H]5O)[C@](C)(CO)C4CC[C@]31C)[C@H]2O. The lowest BCUT2D eigenvalue weighted by atomic mass is 9.33. The third-order valence-electron chi connectivity index (χ3n) is 21.3. The van der Waals surface area contributed by atoms with Crippen molar-refractivity contribution in [2.24, 2.45) is 56.2 Å². The van der Waals surface area contributed by atoms with Gasteiger partial charge in [0, 0.05) is 12.3 Å². The fourth-order valence-electron chi connectivity index (χ4n) is 16.5. The molecule has 0 amide bonds. The van der Waals surface area contributed by atoms with Crippen LogP contribution in [0.4, 0.5) is 0 Å². The molecule has 0 radical (unpaired) electrons. The molecular formula is C54H84O23. The Balaban J connectivity index is 0.998. The number of carboxylic acids is 1. The number of fused-ring (bicyclic) bond motifs is 7. The van der Waals surface area contributed by atoms with Crippen molar-refractivity contribution < 1.29 is 113 Å². The lowest BCUT2D eigenvalue weighted by Crippen LogP contribution is -2.69. The Labute approximate surface area is 448 Å². The first-order valence-electron chi connectivity index (χ1n) is 27.4. The number of carbonyl (C=O) groups excluding carboxylic acids is 2. The average molecular weight is 1100 g/mol. The Bertz CT molecular complexity index is 2230. The lowest BCUT2D eigenvalue weighted by molar-refractivity contribution is -0.387. The second kappa shape index (κ2) is 21.0. The zero-order chi connectivity index (χ0) is 56.4. The summed E-state index contributed by atoms with van der Waals surface area (Å²) in [4.78, 5) is 38.4. The van der Waals surface area contributed by atoms with E-state index in [-0.39, 0.29) is 36.4 Å². The second-order valence-corrected chi connectivity index (χ2v) is 25.8. The monoisotopic (exact) mass is 1100 g/mol. The van der Waals surface area contributed by atoms with Gasteiger partial charge in [-0.05, 0) is 98.2 Å². The molecule has 9 rings (SSSR count). The van der Waals surface area contributed by atoms with Gasteiger partial charge in [-0.1, -0.05) is 53.2 Å². The van der Waals surface area contributed by atoms with Crippen molar-refractivity contribution in [3.63, 3.8) is 0 Å². The Morgan fingerprint density at radius 1 is 0.753 bits per heavy atom. The number of esters is 2. The van der Waals surface area contributed by atoms with Crippen LogP contribution in [0.3, 0.4) is 0 Å². The normalized spacial score (nSPS) is 51.7. The van der Waals surface area contributed by atoms with Crippen molar-refractivity contribution in [3.8, 4) is 0 Å². The summed E-state index contributed by atoms with van der Waals surface area (Å²) in [6.45, 7) is 15.8. The number of aliphatic carboxylic acids is 1. The number of hydrogen-bond donors (Lipinski definition) is 11. The highest BCUT2D eigenvalue weighted by atomic mass is 16.8. The third-order valence-corrected chi connectivity index (χ3v) is 21.3. The van der Waals surface area contributed by atoms with E-state index in [1.165, 1.54) is 12.5 Å². The lowest BCUT2D eigenvalue weighted by Gasteiger charge is -2.71. The molecule has 4 saturated heterocycles. The fraction of sp³-hybridized carbons (Fsp3) is 0.907. The first-order valence-corrected chi connectivity index (χ1v) is 27.4. The summed E-state index contributed by atoms with van der Waals surface area (Å²) >= 11 is 0. The summed E-state index contributed by atoms with van der Waals surface area (Å²) in [5.41, 5.74) is -2.40. The summed E-state index contributed by atoms with van der Waals surface area (Å²) in [5, 5.41) is 120. The van der Waals surface area contributed by atoms with E-state index in [9.17, 15) is 70.6 Å². The fourth-order valence-corrected chi connectivity index (χ4v) is 16.5. The molecule has 6 unspecified atom stereocenters. The summed E-state index contributed by atoms with van der Waals surface area (Å²) in [6.07, 6.45) is -22.8. The molecule has 4 aliphatic heterocycles. The van der Waals surface area contributed by atoms with Gasteiger partial charge in [0.25, 0.3) is 0 Å². The number of aliphatic hydroxyl groups is 10. The van der Waals surface area contributed by atoms with E-state index in [4.69, 9.17) is 42.6 Å². The zero-order valence-electron chi connectivity index (χ0n) is 45.5. The van der Waals surface area contributed by atoms with Crippen molar-refractivity contribution in [1.82, 2.24) is 0 Å². The van der Waals surface area contributed by atoms with E-state index >= 15 is 0 Å². The Hall–Kier alpha value is -2.53. The summed E-state index contributed by atoms with van der Waals surface area (Å²) in [7, 11) is 0. The number of carbonyl (C=O) groups is 3. The molecule has 23 nitrogen and oxygen atoms in total. The average Bonchev–Trinajstić information content (AvgIpc) is 3.93. The molecular weight excluding hydrogens is 1020 g/mol. The van der Waals surface area contributed by atoms with Crippen LogP contribution in [0.25, 0.3) is 0 Å². The van der Waals surface area contributed by atoms with E-state index in [1.807, 2.05) is 6.92 Å². The van der Waals surface area contributed by atoms with E-state index in [2.05, 4.69) is 40.7 Å². The van der Waals surface area contributed by atoms with Gasteiger partial charge < -0.3 is 98.8 Å². The molecule has 438 valence electrons. The molecule has 4 saturated carbocycles. The van der Waals surface area contributed by atoms with Gasteiger partial charge in [0.05, 0.1) is 55.6 Å². The third kappa shape index (κ3) is 9.25. The van der Waals surface area contributed by atoms with E-state index in [0.29, 0.717) is 44.9 Å². The number of aliphatic hydroxyl groups excluding tert-OH is 10. The minimum Gasteiger partial charge on any atom is -0.479 e. The maximum absolute atomic E-state index is 13.6. The number of rotatable bonds is 14. The zero-order valence-corrected chi connectivity index (χ0v) is 45.5. The minimum atomic E-state index is -2.09. The highest BCUT2D eigenvalue weighted by Gasteiger charge is 2.76. The van der Waals surface area contributed by atoms with Crippen LogP contribution >= 0.6 is 0 Å². The van der Waals surface area contributed by atoms with Gasteiger partial charge in [-0.2, -0.15) is 0 Å². The topological polar surface area (TPSA) is 357 Å². The largest absolute Gasteiger partial charge is 0.479 e. The van der Waals surface area contributed by atoms with Crippen LogP contribution in [-0.2, 0) is 57.0 Å². The van der Waals surface area contributed by atoms with Gasteiger partial charge in [0.2, 0.25) is 0 Å². The summed E-state index contributed by atoms with van der Waals surface area (Å²) in [5.74, 6) is -3.82. The second-order valence-electron chi connectivity index (χ2n) is 25.8. The van der Waals surface area contributed by atoms with Crippen LogP contribution in [0.1, 0.15) is 107 Å². The molecule has 2 bridgehead atoms. The molecule has 0 aromatic rings. The van der Waals surface area contributed by atoms with Crippen LogP contribution < -0.4 is 0 Å². The van der Waals surface area contributed by atoms with Crippen molar-refractivity contribution in [2.45, 2.75) is 224 Å². The molecule has 5 aliphatic carbocycles. The number of allylic oxidation sites excluding steroid dienone is 2. The van der Waals surface area contributed by atoms with Crippen LogP contribution in [-0.4, -0.2) is 217 Å². The first kappa shape index (κ1) is 59.1. The predicted octanol–water partition coefficient (Wildman–Crippen LogP) is -0.586. The van der Waals surface area contributed by atoms with Crippen molar-refractivity contribution >= 4 is 17.9 Å². The molecule has 77 heavy (non-hydrogen) atoms. The highest BCUT2D eigenvalue weighted by Crippen LogP contribution is 2.77. The quantitative estimate of drug-likeness (QED) is 0.0588. The van der Waals surface area contributed by atoms with Gasteiger partial charge in [0.1, 0.15) is 73.8 Å². The van der Waals surface area contributed by atoms with Gasteiger partial charge >= 0.3 is 17.9 Å². The van der Waals surface area contributed by atoms with E-state index in [1.54, 1.807) is 13.8 Å². The minimum absolute atomic E-state index is 0.0482. The Morgan fingerprint density at radius 2 is 1.43 bits per heavy atom. The Morgan fingerprint density at radius 3 is 2.08 bits per heavy atom. The van der Waals surface area contributed by atoms with Gasteiger partial charge in [-0.15, -0.1) is 0 Å². The van der Waals surface area contributed by atoms with E-state index in [0.717, 1.165) is 0 Å². The molecule has 0 aromatic heterocycles. The molecule has 9 aliphatic rings. The molecule has 28 atom stereocenters. The number of hydrogen-bond acceptors (Lipinski definition) is 22. The highest BCUT2D eigenvalue weighted by molar-refractivity contribution is 5.74. The van der Waals surface area contributed by atoms with Gasteiger partial charge in [-0.25, -0.2) is 4.79 Å². The van der Waals surface area contributed by atoms with Crippen molar-refractivity contribution in [2.75, 3.05) is 26.4 Å². The molecule has 8 fully saturated rings.